The van der Waals surface area contributed by atoms with Gasteiger partial charge in [-0.15, -0.1) is 11.8 Å². The van der Waals surface area contributed by atoms with Crippen LogP contribution in [0.4, 0.5) is 11.5 Å². The molecule has 2 aliphatic rings. The average molecular weight is 398 g/mol. The molecule has 1 aromatic carbocycles. The van der Waals surface area contributed by atoms with Crippen LogP contribution in [0.3, 0.4) is 0 Å². The van der Waals surface area contributed by atoms with Crippen LogP contribution in [0.1, 0.15) is 22.8 Å². The number of aromatic nitrogens is 1. The zero-order chi connectivity index (χ0) is 19.5. The van der Waals surface area contributed by atoms with Crippen LogP contribution in [0.15, 0.2) is 41.4 Å². The number of ether oxygens (including phenoxy) is 1. The van der Waals surface area contributed by atoms with Gasteiger partial charge in [0.2, 0.25) is 5.91 Å². The van der Waals surface area contributed by atoms with Crippen LogP contribution in [-0.2, 0) is 16.1 Å². The van der Waals surface area contributed by atoms with Gasteiger partial charge in [0, 0.05) is 36.3 Å². The Morgan fingerprint density at radius 1 is 1.32 bits per heavy atom. The molecular weight excluding hydrogens is 376 g/mol. The van der Waals surface area contributed by atoms with Crippen molar-refractivity contribution in [2.45, 2.75) is 23.6 Å². The van der Waals surface area contributed by atoms with Crippen LogP contribution in [0, 0.1) is 0 Å². The minimum absolute atomic E-state index is 0.0403. The molecule has 0 radical (unpaired) electrons. The highest BCUT2D eigenvalue weighted by Crippen LogP contribution is 2.35. The van der Waals surface area contributed by atoms with Gasteiger partial charge < -0.3 is 20.3 Å². The van der Waals surface area contributed by atoms with Crippen molar-refractivity contribution in [3.8, 4) is 0 Å². The largest absolute Gasteiger partial charge is 0.378 e. The number of amides is 2. The molecule has 1 aromatic heterocycles. The number of thioether (sulfide) groups is 1. The van der Waals surface area contributed by atoms with Crippen molar-refractivity contribution in [3.63, 3.8) is 0 Å². The van der Waals surface area contributed by atoms with E-state index in [0.29, 0.717) is 17.8 Å². The van der Waals surface area contributed by atoms with Gasteiger partial charge in [-0.25, -0.2) is 4.98 Å². The lowest BCUT2D eigenvalue weighted by Gasteiger charge is -2.27. The Morgan fingerprint density at radius 3 is 2.89 bits per heavy atom. The van der Waals surface area contributed by atoms with Crippen LogP contribution in [-0.4, -0.2) is 48.4 Å². The van der Waals surface area contributed by atoms with Crippen molar-refractivity contribution >= 4 is 35.1 Å². The van der Waals surface area contributed by atoms with Gasteiger partial charge in [-0.2, -0.15) is 0 Å². The maximum Gasteiger partial charge on any atom is 0.251 e. The Kier molecular flexibility index (Phi) is 5.50. The normalized spacial score (nSPS) is 19.0. The molecule has 1 atom stereocenters. The lowest BCUT2D eigenvalue weighted by Crippen LogP contribution is -2.36. The first-order valence-corrected chi connectivity index (χ1v) is 10.2. The van der Waals surface area contributed by atoms with Crippen molar-refractivity contribution in [1.82, 2.24) is 10.3 Å². The maximum atomic E-state index is 12.5. The molecule has 7 nitrogen and oxygen atoms in total. The van der Waals surface area contributed by atoms with E-state index in [4.69, 9.17) is 4.74 Å². The number of hydrogen-bond acceptors (Lipinski definition) is 6. The third-order valence-corrected chi connectivity index (χ3v) is 5.95. The van der Waals surface area contributed by atoms with E-state index in [-0.39, 0.29) is 17.1 Å². The summed E-state index contributed by atoms with van der Waals surface area (Å²) in [4.78, 5) is 32.0. The number of carbonyl (C=O) groups is 2. The van der Waals surface area contributed by atoms with E-state index in [1.165, 1.54) is 11.8 Å². The number of pyridine rings is 1. The van der Waals surface area contributed by atoms with Gasteiger partial charge in [0.1, 0.15) is 5.82 Å². The molecule has 146 valence electrons. The first-order chi connectivity index (χ1) is 13.6. The van der Waals surface area contributed by atoms with Gasteiger partial charge in [0.15, 0.2) is 0 Å². The number of fused-ring (bicyclic) bond motifs is 1. The lowest BCUT2D eigenvalue weighted by atomic mass is 10.1. The van der Waals surface area contributed by atoms with Gasteiger partial charge in [-0.1, -0.05) is 6.07 Å². The number of morpholine rings is 1. The zero-order valence-electron chi connectivity index (χ0n) is 15.6. The molecule has 0 spiro atoms. The number of anilines is 2. The molecule has 1 saturated heterocycles. The highest BCUT2D eigenvalue weighted by Gasteiger charge is 2.23. The lowest BCUT2D eigenvalue weighted by molar-refractivity contribution is -0.115. The van der Waals surface area contributed by atoms with Crippen LogP contribution < -0.4 is 15.5 Å². The molecule has 28 heavy (non-hydrogen) atoms. The van der Waals surface area contributed by atoms with Crippen LogP contribution >= 0.6 is 11.8 Å². The second-order valence-corrected chi connectivity index (χ2v) is 8.15. The van der Waals surface area contributed by atoms with E-state index in [1.807, 2.05) is 25.1 Å². The summed E-state index contributed by atoms with van der Waals surface area (Å²) in [5.74, 6) is 0.704. The summed E-state index contributed by atoms with van der Waals surface area (Å²) in [5, 5.41) is 5.64. The quantitative estimate of drug-likeness (QED) is 0.822. The summed E-state index contributed by atoms with van der Waals surface area (Å²) in [6.45, 7) is 5.38. The van der Waals surface area contributed by atoms with Crippen molar-refractivity contribution in [1.29, 1.82) is 0 Å². The summed E-state index contributed by atoms with van der Waals surface area (Å²) in [5.41, 5.74) is 2.14. The Hall–Kier alpha value is -2.58. The second-order valence-electron chi connectivity index (χ2n) is 6.77. The number of nitrogens with one attached hydrogen (secondary N) is 2. The number of hydrogen-bond donors (Lipinski definition) is 2. The predicted molar refractivity (Wildman–Crippen MR) is 109 cm³/mol. The smallest absolute Gasteiger partial charge is 0.251 e. The highest BCUT2D eigenvalue weighted by atomic mass is 32.2. The number of benzene rings is 1. The van der Waals surface area contributed by atoms with Gasteiger partial charge in [0.05, 0.1) is 24.2 Å². The summed E-state index contributed by atoms with van der Waals surface area (Å²) in [6, 6.07) is 9.33. The molecule has 8 heteroatoms. The summed E-state index contributed by atoms with van der Waals surface area (Å²) in [6.07, 6.45) is 1.79. The summed E-state index contributed by atoms with van der Waals surface area (Å²) in [7, 11) is 0. The first-order valence-electron chi connectivity index (χ1n) is 9.27. The molecule has 0 saturated carbocycles. The molecule has 1 unspecified atom stereocenters. The Morgan fingerprint density at radius 2 is 2.14 bits per heavy atom. The Bertz CT molecular complexity index is 882. The molecular formula is C20H22N4O3S. The third-order valence-electron chi connectivity index (χ3n) is 4.77. The van der Waals surface area contributed by atoms with E-state index in [1.54, 1.807) is 18.3 Å². The predicted octanol–water partition coefficient (Wildman–Crippen LogP) is 2.28. The van der Waals surface area contributed by atoms with Crippen molar-refractivity contribution in [2.75, 3.05) is 36.5 Å². The van der Waals surface area contributed by atoms with Gasteiger partial charge in [-0.3, -0.25) is 9.59 Å². The van der Waals surface area contributed by atoms with Crippen molar-refractivity contribution < 1.29 is 14.3 Å². The molecule has 2 amide bonds. The fourth-order valence-electron chi connectivity index (χ4n) is 3.14. The number of nitrogens with zero attached hydrogens (tertiary/aromatic N) is 2. The summed E-state index contributed by atoms with van der Waals surface area (Å²) >= 11 is 1.50. The van der Waals surface area contributed by atoms with Crippen molar-refractivity contribution in [3.05, 3.63) is 47.7 Å². The van der Waals surface area contributed by atoms with Crippen LogP contribution in [0.5, 0.6) is 0 Å². The molecule has 0 bridgehead atoms. The standard InChI is InChI=1S/C20H22N4O3S/c1-13-19(25)23-16-10-15(3-4-17(16)28-13)20(26)22-12-14-2-5-18(21-11-14)24-6-8-27-9-7-24/h2-5,10-11,13H,6-9,12H2,1H3,(H,22,26)(H,23,25). The average Bonchev–Trinajstić information content (AvgIpc) is 2.73. The SMILES string of the molecule is CC1Sc2ccc(C(=O)NCc3ccc(N4CCOCC4)nc3)cc2NC1=O. The topological polar surface area (TPSA) is 83.6 Å². The molecule has 0 aliphatic carbocycles. The molecule has 2 aromatic rings. The van der Waals surface area contributed by atoms with E-state index < -0.39 is 0 Å². The van der Waals surface area contributed by atoms with E-state index in [0.717, 1.165) is 42.6 Å². The molecule has 2 N–H and O–H groups in total. The fraction of sp³-hybridized carbons (Fsp3) is 0.350. The summed E-state index contributed by atoms with van der Waals surface area (Å²) < 4.78 is 5.36. The highest BCUT2D eigenvalue weighted by molar-refractivity contribution is 8.00. The molecule has 3 heterocycles. The van der Waals surface area contributed by atoms with Gasteiger partial charge in [0.25, 0.3) is 5.91 Å². The minimum atomic E-state index is -0.182. The number of rotatable bonds is 4. The second kappa shape index (κ2) is 8.20. The van der Waals surface area contributed by atoms with Crippen LogP contribution in [0.25, 0.3) is 0 Å². The monoisotopic (exact) mass is 398 g/mol. The third kappa shape index (κ3) is 4.13. The minimum Gasteiger partial charge on any atom is -0.378 e. The van der Waals surface area contributed by atoms with Crippen molar-refractivity contribution in [2.24, 2.45) is 0 Å². The van der Waals surface area contributed by atoms with Gasteiger partial charge >= 0.3 is 0 Å². The van der Waals surface area contributed by atoms with E-state index >= 15 is 0 Å². The van der Waals surface area contributed by atoms with E-state index in [2.05, 4.69) is 20.5 Å². The van der Waals surface area contributed by atoms with Crippen LogP contribution in [0.2, 0.25) is 0 Å². The van der Waals surface area contributed by atoms with Gasteiger partial charge in [-0.05, 0) is 36.8 Å². The number of carbonyl (C=O) groups excluding carboxylic acids is 2. The molecule has 2 aliphatic heterocycles. The maximum absolute atomic E-state index is 12.5. The molecule has 1 fully saturated rings. The zero-order valence-corrected chi connectivity index (χ0v) is 16.4. The Balaban J connectivity index is 1.36. The van der Waals surface area contributed by atoms with E-state index in [9.17, 15) is 9.59 Å². The molecule has 4 rings (SSSR count). The fourth-order valence-corrected chi connectivity index (χ4v) is 4.07. The first kappa shape index (κ1) is 18.8. The Labute approximate surface area is 167 Å².